The average Bonchev–Trinajstić information content (AvgIpc) is 3.04. The maximum Gasteiger partial charge on any atom is 0.249 e. The quantitative estimate of drug-likeness (QED) is 0.668. The molecule has 0 aliphatic carbocycles. The third kappa shape index (κ3) is 5.72. The molecule has 0 unspecified atom stereocenters. The van der Waals surface area contributed by atoms with E-state index in [-0.39, 0.29) is 24.5 Å². The van der Waals surface area contributed by atoms with Gasteiger partial charge in [-0.1, -0.05) is 18.2 Å². The third-order valence-corrected chi connectivity index (χ3v) is 3.97. The van der Waals surface area contributed by atoms with Crippen LogP contribution in [0, 0.1) is 0 Å². The highest BCUT2D eigenvalue weighted by Gasteiger charge is 2.40. The fourth-order valence-electron chi connectivity index (χ4n) is 2.76. The highest BCUT2D eigenvalue weighted by molar-refractivity contribution is 5.88. The van der Waals surface area contributed by atoms with Crippen molar-refractivity contribution in [3.8, 4) is 5.75 Å². The van der Waals surface area contributed by atoms with Gasteiger partial charge in [0.1, 0.15) is 24.5 Å². The molecule has 1 aliphatic rings. The minimum absolute atomic E-state index is 0.0313. The van der Waals surface area contributed by atoms with E-state index in [1.807, 2.05) is 37.3 Å². The molecule has 1 N–H and O–H groups in total. The number of benzene rings is 1. The van der Waals surface area contributed by atoms with Crippen molar-refractivity contribution in [2.45, 2.75) is 25.5 Å². The molecule has 7 nitrogen and oxygen atoms in total. The van der Waals surface area contributed by atoms with Crippen LogP contribution in [0.1, 0.15) is 13.3 Å². The molecule has 0 spiro atoms. The van der Waals surface area contributed by atoms with Gasteiger partial charge in [0.05, 0.1) is 13.2 Å². The number of rotatable bonds is 9. The van der Waals surface area contributed by atoms with Gasteiger partial charge in [0.2, 0.25) is 11.8 Å². The molecule has 1 aromatic carbocycles. The maximum atomic E-state index is 12.4. The van der Waals surface area contributed by atoms with Crippen molar-refractivity contribution in [3.05, 3.63) is 30.3 Å². The molecule has 1 aromatic rings. The first kappa shape index (κ1) is 19.2. The molecule has 138 valence electrons. The smallest absolute Gasteiger partial charge is 0.249 e. The number of hydrogen-bond acceptors (Lipinski definition) is 5. The van der Waals surface area contributed by atoms with E-state index in [1.165, 1.54) is 0 Å². The summed E-state index contributed by atoms with van der Waals surface area (Å²) in [5.41, 5.74) is 0. The molecule has 0 bridgehead atoms. The van der Waals surface area contributed by atoms with Gasteiger partial charge >= 0.3 is 0 Å². The van der Waals surface area contributed by atoms with Crippen molar-refractivity contribution in [1.29, 1.82) is 0 Å². The number of hydrogen-bond donors (Lipinski definition) is 1. The van der Waals surface area contributed by atoms with Crippen molar-refractivity contribution in [3.63, 3.8) is 0 Å². The SMILES string of the molecule is CCOCC(=O)N1C[C@@H](Oc2ccccc2)C[C@H]1C(=O)NCCOC. The van der Waals surface area contributed by atoms with Gasteiger partial charge in [0.25, 0.3) is 0 Å². The number of methoxy groups -OCH3 is 1. The monoisotopic (exact) mass is 350 g/mol. The lowest BCUT2D eigenvalue weighted by Gasteiger charge is -2.23. The zero-order valence-electron chi connectivity index (χ0n) is 14.8. The second-order valence-electron chi connectivity index (χ2n) is 5.77. The predicted molar refractivity (Wildman–Crippen MR) is 92.4 cm³/mol. The van der Waals surface area contributed by atoms with E-state index in [0.29, 0.717) is 32.7 Å². The Hall–Kier alpha value is -2.12. The van der Waals surface area contributed by atoms with Crippen LogP contribution in [-0.4, -0.2) is 68.9 Å². The molecule has 1 heterocycles. The van der Waals surface area contributed by atoms with Crippen LogP contribution < -0.4 is 10.1 Å². The van der Waals surface area contributed by atoms with Crippen LogP contribution in [-0.2, 0) is 19.1 Å². The Bertz CT molecular complexity index is 552. The van der Waals surface area contributed by atoms with Gasteiger partial charge in [-0.25, -0.2) is 0 Å². The predicted octanol–water partition coefficient (Wildman–Crippen LogP) is 0.834. The second-order valence-corrected chi connectivity index (χ2v) is 5.77. The molecule has 1 aliphatic heterocycles. The first-order chi connectivity index (χ1) is 12.2. The zero-order chi connectivity index (χ0) is 18.1. The Labute approximate surface area is 148 Å². The van der Waals surface area contributed by atoms with Gasteiger partial charge in [-0.05, 0) is 19.1 Å². The summed E-state index contributed by atoms with van der Waals surface area (Å²) < 4.78 is 16.1. The van der Waals surface area contributed by atoms with Crippen molar-refractivity contribution in [2.24, 2.45) is 0 Å². The lowest BCUT2D eigenvalue weighted by Crippen LogP contribution is -2.47. The van der Waals surface area contributed by atoms with Crippen molar-refractivity contribution in [1.82, 2.24) is 10.2 Å². The van der Waals surface area contributed by atoms with Gasteiger partial charge in [-0.15, -0.1) is 0 Å². The number of carbonyl (C=O) groups excluding carboxylic acids is 2. The van der Waals surface area contributed by atoms with E-state index in [2.05, 4.69) is 5.32 Å². The van der Waals surface area contributed by atoms with Crippen LogP contribution in [0.25, 0.3) is 0 Å². The van der Waals surface area contributed by atoms with Crippen LogP contribution in [0.5, 0.6) is 5.75 Å². The summed E-state index contributed by atoms with van der Waals surface area (Å²) in [6, 6.07) is 8.84. The Morgan fingerprint density at radius 3 is 2.72 bits per heavy atom. The molecule has 1 fully saturated rings. The standard InChI is InChI=1S/C18H26N2O5/c1-3-24-13-17(21)20-12-15(25-14-7-5-4-6-8-14)11-16(20)18(22)19-9-10-23-2/h4-8,15-16H,3,9-13H2,1-2H3,(H,19,22)/t15-,16-/m0/s1. The molecule has 7 heteroatoms. The Balaban J connectivity index is 2.01. The van der Waals surface area contributed by atoms with E-state index in [1.54, 1.807) is 12.0 Å². The Morgan fingerprint density at radius 1 is 1.28 bits per heavy atom. The second kappa shape index (κ2) is 10.0. The lowest BCUT2D eigenvalue weighted by atomic mass is 10.2. The van der Waals surface area contributed by atoms with E-state index in [0.717, 1.165) is 5.75 Å². The number of nitrogens with zero attached hydrogens (tertiary/aromatic N) is 1. The number of nitrogens with one attached hydrogen (secondary N) is 1. The molecule has 1 saturated heterocycles. The van der Waals surface area contributed by atoms with Gasteiger partial charge in [0, 0.05) is 26.7 Å². The van der Waals surface area contributed by atoms with Crippen molar-refractivity contribution in [2.75, 3.05) is 40.0 Å². The number of carbonyl (C=O) groups is 2. The first-order valence-electron chi connectivity index (χ1n) is 8.51. The third-order valence-electron chi connectivity index (χ3n) is 3.97. The lowest BCUT2D eigenvalue weighted by molar-refractivity contribution is -0.142. The number of para-hydroxylation sites is 1. The highest BCUT2D eigenvalue weighted by atomic mass is 16.5. The summed E-state index contributed by atoms with van der Waals surface area (Å²) in [4.78, 5) is 26.4. The molecule has 2 atom stereocenters. The molecular weight excluding hydrogens is 324 g/mol. The van der Waals surface area contributed by atoms with Crippen molar-refractivity contribution >= 4 is 11.8 Å². The van der Waals surface area contributed by atoms with Crippen LogP contribution in [0.2, 0.25) is 0 Å². The van der Waals surface area contributed by atoms with Crippen LogP contribution in [0.15, 0.2) is 30.3 Å². The normalized spacial score (nSPS) is 19.7. The van der Waals surface area contributed by atoms with Gasteiger partial charge in [-0.3, -0.25) is 9.59 Å². The van der Waals surface area contributed by atoms with Crippen LogP contribution >= 0.6 is 0 Å². The average molecular weight is 350 g/mol. The minimum Gasteiger partial charge on any atom is -0.488 e. The Kier molecular flexibility index (Phi) is 7.69. The summed E-state index contributed by atoms with van der Waals surface area (Å²) in [6.07, 6.45) is 0.220. The summed E-state index contributed by atoms with van der Waals surface area (Å²) in [7, 11) is 1.57. The molecule has 0 radical (unpaired) electrons. The summed E-state index contributed by atoms with van der Waals surface area (Å²) in [5.74, 6) is 0.333. The summed E-state index contributed by atoms with van der Waals surface area (Å²) in [5, 5.41) is 2.80. The molecule has 0 aromatic heterocycles. The fourth-order valence-corrected chi connectivity index (χ4v) is 2.76. The van der Waals surface area contributed by atoms with E-state index in [4.69, 9.17) is 14.2 Å². The summed E-state index contributed by atoms with van der Waals surface area (Å²) >= 11 is 0. The van der Waals surface area contributed by atoms with Gasteiger partial charge in [-0.2, -0.15) is 0 Å². The number of amides is 2. The molecular formula is C18H26N2O5. The van der Waals surface area contributed by atoms with Gasteiger partial charge in [0.15, 0.2) is 0 Å². The van der Waals surface area contributed by atoms with E-state index in [9.17, 15) is 9.59 Å². The first-order valence-corrected chi connectivity index (χ1v) is 8.51. The number of likely N-dealkylation sites (tertiary alicyclic amines) is 1. The summed E-state index contributed by atoms with van der Waals surface area (Å²) in [6.45, 7) is 3.44. The fraction of sp³-hybridized carbons (Fsp3) is 0.556. The Morgan fingerprint density at radius 2 is 2.04 bits per heavy atom. The molecule has 0 saturated carbocycles. The van der Waals surface area contributed by atoms with Crippen LogP contribution in [0.4, 0.5) is 0 Å². The topological polar surface area (TPSA) is 77.1 Å². The minimum atomic E-state index is -0.557. The van der Waals surface area contributed by atoms with Crippen molar-refractivity contribution < 1.29 is 23.8 Å². The highest BCUT2D eigenvalue weighted by Crippen LogP contribution is 2.23. The van der Waals surface area contributed by atoms with Crippen LogP contribution in [0.3, 0.4) is 0 Å². The molecule has 2 amide bonds. The largest absolute Gasteiger partial charge is 0.488 e. The molecule has 2 rings (SSSR count). The maximum absolute atomic E-state index is 12.4. The van der Waals surface area contributed by atoms with E-state index < -0.39 is 6.04 Å². The number of ether oxygens (including phenoxy) is 3. The van der Waals surface area contributed by atoms with E-state index >= 15 is 0 Å². The zero-order valence-corrected chi connectivity index (χ0v) is 14.8. The molecule has 25 heavy (non-hydrogen) atoms. The van der Waals surface area contributed by atoms with Gasteiger partial charge < -0.3 is 24.4 Å².